The fourth-order valence-electron chi connectivity index (χ4n) is 2.01. The molecule has 0 bridgehead atoms. The number of rotatable bonds is 7. The van der Waals surface area contributed by atoms with E-state index in [2.05, 4.69) is 4.72 Å². The molecule has 0 aliphatic carbocycles. The Labute approximate surface area is 119 Å². The van der Waals surface area contributed by atoms with Crippen LogP contribution in [0.2, 0.25) is 0 Å². The molecule has 0 aliphatic rings. The molecule has 1 aromatic carbocycles. The maximum absolute atomic E-state index is 12.3. The summed E-state index contributed by atoms with van der Waals surface area (Å²) in [5, 5.41) is 11.0. The molecule has 1 aromatic rings. The van der Waals surface area contributed by atoms with Crippen molar-refractivity contribution in [3.05, 3.63) is 33.9 Å². The van der Waals surface area contributed by atoms with E-state index >= 15 is 0 Å². The van der Waals surface area contributed by atoms with E-state index in [0.29, 0.717) is 12.1 Å². The molecule has 0 atom stereocenters. The third-order valence-electron chi connectivity index (χ3n) is 3.37. The molecule has 0 amide bonds. The van der Waals surface area contributed by atoms with Crippen LogP contribution in [0.5, 0.6) is 0 Å². The summed E-state index contributed by atoms with van der Waals surface area (Å²) in [6, 6.07) is 4.24. The Morgan fingerprint density at radius 1 is 1.30 bits per heavy atom. The molecule has 1 rings (SSSR count). The predicted octanol–water partition coefficient (Wildman–Crippen LogP) is 2.62. The van der Waals surface area contributed by atoms with Gasteiger partial charge in [-0.15, -0.1) is 0 Å². The Balaban J connectivity index is 3.13. The van der Waals surface area contributed by atoms with Gasteiger partial charge in [-0.05, 0) is 18.4 Å². The van der Waals surface area contributed by atoms with Gasteiger partial charge in [-0.2, -0.15) is 0 Å². The van der Waals surface area contributed by atoms with Crippen LogP contribution in [-0.2, 0) is 10.0 Å². The van der Waals surface area contributed by atoms with Crippen molar-refractivity contribution in [2.24, 2.45) is 5.92 Å². The Kier molecular flexibility index (Phi) is 5.64. The highest BCUT2D eigenvalue weighted by Crippen LogP contribution is 2.26. The van der Waals surface area contributed by atoms with Gasteiger partial charge in [0.25, 0.3) is 5.69 Å². The lowest BCUT2D eigenvalue weighted by atomic mass is 10.0. The van der Waals surface area contributed by atoms with Crippen molar-refractivity contribution in [2.75, 3.05) is 6.54 Å². The molecule has 0 aliphatic heterocycles. The lowest BCUT2D eigenvalue weighted by Crippen LogP contribution is -2.30. The monoisotopic (exact) mass is 300 g/mol. The van der Waals surface area contributed by atoms with Crippen LogP contribution in [0.4, 0.5) is 5.69 Å². The van der Waals surface area contributed by atoms with Crippen LogP contribution in [0.3, 0.4) is 0 Å². The van der Waals surface area contributed by atoms with E-state index in [1.807, 2.05) is 13.8 Å². The first kappa shape index (κ1) is 16.6. The molecule has 0 saturated heterocycles. The number of hydrogen-bond acceptors (Lipinski definition) is 4. The van der Waals surface area contributed by atoms with E-state index in [1.54, 1.807) is 13.0 Å². The largest absolute Gasteiger partial charge is 0.289 e. The molecule has 20 heavy (non-hydrogen) atoms. The standard InChI is InChI=1S/C13H20N2O4S/c1-4-11(5-2)9-14-20(18,19)13-10(3)7-6-8-12(13)15(16)17/h6-8,11,14H,4-5,9H2,1-3H3. The first-order chi connectivity index (χ1) is 9.33. The zero-order valence-electron chi connectivity index (χ0n) is 11.9. The highest BCUT2D eigenvalue weighted by molar-refractivity contribution is 7.89. The summed E-state index contributed by atoms with van der Waals surface area (Å²) >= 11 is 0. The van der Waals surface area contributed by atoms with Crippen molar-refractivity contribution in [3.8, 4) is 0 Å². The molecular formula is C13H20N2O4S. The van der Waals surface area contributed by atoms with Crippen LogP contribution in [0, 0.1) is 23.0 Å². The minimum absolute atomic E-state index is 0.229. The van der Waals surface area contributed by atoms with Crippen molar-refractivity contribution in [2.45, 2.75) is 38.5 Å². The van der Waals surface area contributed by atoms with Crippen molar-refractivity contribution in [3.63, 3.8) is 0 Å². The van der Waals surface area contributed by atoms with Gasteiger partial charge >= 0.3 is 0 Å². The van der Waals surface area contributed by atoms with E-state index in [1.165, 1.54) is 12.1 Å². The van der Waals surface area contributed by atoms with Gasteiger partial charge in [-0.1, -0.05) is 38.8 Å². The zero-order chi connectivity index (χ0) is 15.3. The van der Waals surface area contributed by atoms with Gasteiger partial charge in [-0.3, -0.25) is 10.1 Å². The molecule has 0 unspecified atom stereocenters. The Morgan fingerprint density at radius 2 is 1.90 bits per heavy atom. The van der Waals surface area contributed by atoms with E-state index in [4.69, 9.17) is 0 Å². The van der Waals surface area contributed by atoms with Crippen LogP contribution in [-0.4, -0.2) is 19.9 Å². The number of benzene rings is 1. The van der Waals surface area contributed by atoms with Gasteiger partial charge in [0.05, 0.1) is 4.92 Å². The van der Waals surface area contributed by atoms with Gasteiger partial charge in [0.15, 0.2) is 4.90 Å². The van der Waals surface area contributed by atoms with Crippen molar-refractivity contribution in [1.82, 2.24) is 4.72 Å². The predicted molar refractivity (Wildman–Crippen MR) is 77.1 cm³/mol. The van der Waals surface area contributed by atoms with Crippen LogP contribution in [0.15, 0.2) is 23.1 Å². The molecule has 0 fully saturated rings. The Bertz CT molecular complexity index is 580. The van der Waals surface area contributed by atoms with Gasteiger partial charge in [0, 0.05) is 12.6 Å². The first-order valence-electron chi connectivity index (χ1n) is 6.57. The summed E-state index contributed by atoms with van der Waals surface area (Å²) in [5.74, 6) is 0.229. The van der Waals surface area contributed by atoms with Gasteiger partial charge in [0.2, 0.25) is 10.0 Å². The van der Waals surface area contributed by atoms with Crippen molar-refractivity contribution >= 4 is 15.7 Å². The average Bonchev–Trinajstić information content (AvgIpc) is 2.39. The number of nitro groups is 1. The summed E-state index contributed by atoms with van der Waals surface area (Å²) in [6.07, 6.45) is 1.71. The smallest absolute Gasteiger partial charge is 0.258 e. The normalized spacial score (nSPS) is 11.8. The maximum Gasteiger partial charge on any atom is 0.289 e. The summed E-state index contributed by atoms with van der Waals surface area (Å²) in [4.78, 5) is 10.1. The van der Waals surface area contributed by atoms with Gasteiger partial charge in [-0.25, -0.2) is 13.1 Å². The number of nitrogens with one attached hydrogen (secondary N) is 1. The quantitative estimate of drug-likeness (QED) is 0.619. The first-order valence-corrected chi connectivity index (χ1v) is 8.05. The third-order valence-corrected chi connectivity index (χ3v) is 4.99. The molecule has 0 heterocycles. The number of nitro benzene ring substituents is 1. The Hall–Kier alpha value is -1.47. The average molecular weight is 300 g/mol. The van der Waals surface area contributed by atoms with Crippen molar-refractivity contribution in [1.29, 1.82) is 0 Å². The number of nitrogens with zero attached hydrogens (tertiary/aromatic N) is 1. The fourth-order valence-corrected chi connectivity index (χ4v) is 3.52. The number of aryl methyl sites for hydroxylation is 1. The van der Waals surface area contributed by atoms with E-state index in [-0.39, 0.29) is 16.5 Å². The highest BCUT2D eigenvalue weighted by atomic mass is 32.2. The van der Waals surface area contributed by atoms with Crippen LogP contribution < -0.4 is 4.72 Å². The topological polar surface area (TPSA) is 89.3 Å². The van der Waals surface area contributed by atoms with Gasteiger partial charge in [0.1, 0.15) is 0 Å². The van der Waals surface area contributed by atoms with Crippen LogP contribution in [0.1, 0.15) is 32.3 Å². The molecule has 0 radical (unpaired) electrons. The minimum atomic E-state index is -3.87. The summed E-state index contributed by atoms with van der Waals surface area (Å²) in [6.45, 7) is 5.82. The Morgan fingerprint density at radius 3 is 2.40 bits per heavy atom. The molecule has 0 aromatic heterocycles. The zero-order valence-corrected chi connectivity index (χ0v) is 12.7. The summed E-state index contributed by atoms with van der Waals surface area (Å²) < 4.78 is 27.1. The van der Waals surface area contributed by atoms with E-state index < -0.39 is 14.9 Å². The minimum Gasteiger partial charge on any atom is -0.258 e. The number of sulfonamides is 1. The molecule has 0 spiro atoms. The number of hydrogen-bond donors (Lipinski definition) is 1. The highest BCUT2D eigenvalue weighted by Gasteiger charge is 2.27. The van der Waals surface area contributed by atoms with Gasteiger partial charge < -0.3 is 0 Å². The molecule has 0 saturated carbocycles. The maximum atomic E-state index is 12.3. The van der Waals surface area contributed by atoms with Crippen LogP contribution >= 0.6 is 0 Å². The van der Waals surface area contributed by atoms with Crippen LogP contribution in [0.25, 0.3) is 0 Å². The lowest BCUT2D eigenvalue weighted by Gasteiger charge is -2.14. The lowest BCUT2D eigenvalue weighted by molar-refractivity contribution is -0.387. The summed E-state index contributed by atoms with van der Waals surface area (Å²) in [5.41, 5.74) is -0.0155. The molecule has 7 heteroatoms. The second-order valence-corrected chi connectivity index (χ2v) is 6.42. The second kappa shape index (κ2) is 6.81. The third kappa shape index (κ3) is 3.77. The second-order valence-electron chi connectivity index (χ2n) is 4.71. The fraction of sp³-hybridized carbons (Fsp3) is 0.538. The van der Waals surface area contributed by atoms with Crippen molar-refractivity contribution < 1.29 is 13.3 Å². The van der Waals surface area contributed by atoms with E-state index in [0.717, 1.165) is 12.8 Å². The molecular weight excluding hydrogens is 280 g/mol. The van der Waals surface area contributed by atoms with E-state index in [9.17, 15) is 18.5 Å². The summed E-state index contributed by atoms with van der Waals surface area (Å²) in [7, 11) is -3.87. The SMILES string of the molecule is CCC(CC)CNS(=O)(=O)c1c(C)cccc1[N+](=O)[O-]. The molecule has 6 nitrogen and oxygen atoms in total. The molecule has 112 valence electrons. The molecule has 1 N–H and O–H groups in total.